The van der Waals surface area contributed by atoms with Gasteiger partial charge in [-0.25, -0.2) is 0 Å². The molecule has 3 aromatic carbocycles. The maximum atomic E-state index is 16.1. The van der Waals surface area contributed by atoms with Crippen LogP contribution >= 0.6 is 22.7 Å². The van der Waals surface area contributed by atoms with E-state index in [2.05, 4.69) is 0 Å². The third-order valence-electron chi connectivity index (χ3n) is 9.65. The molecule has 1 atom stereocenters. The SMILES string of the molecule is CCCCCCc1sccc1C1=C(c2cc(C(O)c3c4ccccc4cc4ccccc34)sc2CCCCCC)C(F)(F)C(F)(F)C1(F)F. The van der Waals surface area contributed by atoms with Crippen molar-refractivity contribution in [1.29, 1.82) is 0 Å². The molecule has 2 heterocycles. The second-order valence-corrected chi connectivity index (χ2v) is 15.1. The zero-order valence-electron chi connectivity index (χ0n) is 27.6. The molecule has 0 spiro atoms. The van der Waals surface area contributed by atoms with Crippen molar-refractivity contribution in [1.82, 2.24) is 0 Å². The predicted molar refractivity (Wildman–Crippen MR) is 192 cm³/mol. The summed E-state index contributed by atoms with van der Waals surface area (Å²) in [4.78, 5) is 0.947. The summed E-state index contributed by atoms with van der Waals surface area (Å²) in [6, 6.07) is 19.6. The standard InChI is InChI=1S/C40H40F6OS2/c1-3-5-7-9-19-31-29(21-22-48-31)35-36(39(43,44)40(45,46)38(35,41)42)30-24-33(49-32(30)20-10-8-6-4-2)37(47)34-27-17-13-11-15-25(27)23-26-16-12-14-18-28(26)34/h11-18,21-24,37,47H,3-10,19-20H2,1-2H3. The summed E-state index contributed by atoms with van der Waals surface area (Å²) in [7, 11) is 0. The highest BCUT2D eigenvalue weighted by molar-refractivity contribution is 7.12. The molecule has 2 aromatic heterocycles. The molecule has 0 fully saturated rings. The molecule has 9 heteroatoms. The average molecular weight is 715 g/mol. The van der Waals surface area contributed by atoms with Gasteiger partial charge in [-0.3, -0.25) is 0 Å². The van der Waals surface area contributed by atoms with Crippen molar-refractivity contribution in [3.8, 4) is 0 Å². The number of fused-ring (bicyclic) bond motifs is 2. The molecule has 0 bridgehead atoms. The van der Waals surface area contributed by atoms with Crippen LogP contribution in [-0.2, 0) is 12.8 Å². The first kappa shape index (κ1) is 35.7. The fraction of sp³-hybridized carbons (Fsp3) is 0.400. The molecule has 0 saturated carbocycles. The number of aryl methyl sites for hydroxylation is 2. The first-order valence-electron chi connectivity index (χ1n) is 17.1. The molecule has 0 radical (unpaired) electrons. The van der Waals surface area contributed by atoms with Crippen LogP contribution in [0.5, 0.6) is 0 Å². The maximum Gasteiger partial charge on any atom is 0.380 e. The number of allylic oxidation sites excluding steroid dienone is 2. The minimum absolute atomic E-state index is 0.233. The van der Waals surface area contributed by atoms with E-state index in [-0.39, 0.29) is 22.4 Å². The Balaban J connectivity index is 1.56. The molecule has 1 unspecified atom stereocenters. The van der Waals surface area contributed by atoms with Crippen molar-refractivity contribution in [2.24, 2.45) is 0 Å². The molecule has 5 aromatic rings. The summed E-state index contributed by atoms with van der Waals surface area (Å²) in [5, 5.41) is 16.8. The second kappa shape index (κ2) is 14.2. The van der Waals surface area contributed by atoms with Crippen LogP contribution in [0, 0.1) is 0 Å². The van der Waals surface area contributed by atoms with E-state index in [1.165, 1.54) is 17.5 Å². The Morgan fingerprint density at radius 3 is 1.73 bits per heavy atom. The normalized spacial score (nSPS) is 17.4. The Morgan fingerprint density at radius 2 is 1.16 bits per heavy atom. The first-order valence-corrected chi connectivity index (χ1v) is 18.8. The number of thiophene rings is 2. The molecular weight excluding hydrogens is 675 g/mol. The van der Waals surface area contributed by atoms with Crippen LogP contribution in [0.15, 0.2) is 72.1 Å². The highest BCUT2D eigenvalue weighted by Crippen LogP contribution is 2.66. The Labute approximate surface area is 291 Å². The molecule has 0 amide bonds. The molecule has 1 N–H and O–H groups in total. The van der Waals surface area contributed by atoms with Gasteiger partial charge in [0.25, 0.3) is 0 Å². The van der Waals surface area contributed by atoms with Crippen molar-refractivity contribution >= 4 is 55.4 Å². The number of benzene rings is 3. The summed E-state index contributed by atoms with van der Waals surface area (Å²) in [6.07, 6.45) is 5.71. The Hall–Kier alpha value is -3.14. The van der Waals surface area contributed by atoms with E-state index in [0.29, 0.717) is 34.6 Å². The van der Waals surface area contributed by atoms with E-state index < -0.39 is 35.0 Å². The van der Waals surface area contributed by atoms with Crippen LogP contribution in [0.4, 0.5) is 26.3 Å². The van der Waals surface area contributed by atoms with Gasteiger partial charge in [-0.1, -0.05) is 101 Å². The van der Waals surface area contributed by atoms with E-state index in [4.69, 9.17) is 0 Å². The minimum Gasteiger partial charge on any atom is -0.383 e. The van der Waals surface area contributed by atoms with Crippen molar-refractivity contribution in [3.05, 3.63) is 103 Å². The lowest BCUT2D eigenvalue weighted by molar-refractivity contribution is -0.254. The minimum atomic E-state index is -5.64. The number of hydrogen-bond donors (Lipinski definition) is 1. The molecule has 260 valence electrons. The van der Waals surface area contributed by atoms with Crippen molar-refractivity contribution in [3.63, 3.8) is 0 Å². The number of alkyl halides is 6. The lowest BCUT2D eigenvalue weighted by atomic mass is 9.91. The molecule has 1 nitrogen and oxygen atoms in total. The third kappa shape index (κ3) is 6.25. The molecule has 49 heavy (non-hydrogen) atoms. The summed E-state index contributed by atoms with van der Waals surface area (Å²) < 4.78 is 95.0. The molecule has 0 aliphatic heterocycles. The van der Waals surface area contributed by atoms with E-state index in [1.807, 2.05) is 68.4 Å². The van der Waals surface area contributed by atoms with Gasteiger partial charge in [0.05, 0.1) is 0 Å². The van der Waals surface area contributed by atoms with E-state index in [9.17, 15) is 5.11 Å². The van der Waals surface area contributed by atoms with Crippen molar-refractivity contribution in [2.45, 2.75) is 102 Å². The quantitative estimate of drug-likeness (QED) is 0.0690. The van der Waals surface area contributed by atoms with Gasteiger partial charge in [0.1, 0.15) is 6.10 Å². The fourth-order valence-electron chi connectivity index (χ4n) is 7.08. The van der Waals surface area contributed by atoms with Gasteiger partial charge in [-0.2, -0.15) is 26.3 Å². The number of unbranched alkanes of at least 4 members (excludes halogenated alkanes) is 6. The fourth-order valence-corrected chi connectivity index (χ4v) is 9.22. The second-order valence-electron chi connectivity index (χ2n) is 13.0. The number of aliphatic hydroxyl groups excluding tert-OH is 1. The summed E-state index contributed by atoms with van der Waals surface area (Å²) in [6.45, 7) is 4.06. The summed E-state index contributed by atoms with van der Waals surface area (Å²) in [5.41, 5.74) is -2.62. The Morgan fingerprint density at radius 1 is 0.633 bits per heavy atom. The van der Waals surface area contributed by atoms with E-state index in [1.54, 1.807) is 0 Å². The zero-order chi connectivity index (χ0) is 35.0. The third-order valence-corrected chi connectivity index (χ3v) is 11.9. The van der Waals surface area contributed by atoms with Crippen LogP contribution in [0.25, 0.3) is 32.7 Å². The van der Waals surface area contributed by atoms with Crippen LogP contribution in [-0.4, -0.2) is 22.9 Å². The first-order chi connectivity index (χ1) is 23.5. The smallest absolute Gasteiger partial charge is 0.380 e. The molecular formula is C40H40F6OS2. The van der Waals surface area contributed by atoms with Gasteiger partial charge >= 0.3 is 17.8 Å². The Bertz CT molecular complexity index is 1920. The topological polar surface area (TPSA) is 20.2 Å². The highest BCUT2D eigenvalue weighted by atomic mass is 32.1. The van der Waals surface area contributed by atoms with Gasteiger partial charge < -0.3 is 5.11 Å². The number of aliphatic hydroxyl groups is 1. The van der Waals surface area contributed by atoms with Crippen LogP contribution in [0.3, 0.4) is 0 Å². The average Bonchev–Trinajstić information content (AvgIpc) is 3.74. The molecule has 1 aliphatic rings. The monoisotopic (exact) mass is 714 g/mol. The highest BCUT2D eigenvalue weighted by Gasteiger charge is 2.80. The van der Waals surface area contributed by atoms with Gasteiger partial charge in [0, 0.05) is 31.3 Å². The van der Waals surface area contributed by atoms with Crippen molar-refractivity contribution < 1.29 is 31.4 Å². The predicted octanol–water partition coefficient (Wildman–Crippen LogP) is 13.3. The van der Waals surface area contributed by atoms with Crippen molar-refractivity contribution in [2.75, 3.05) is 0 Å². The van der Waals surface area contributed by atoms with Crippen LogP contribution < -0.4 is 0 Å². The van der Waals surface area contributed by atoms with Gasteiger partial charge in [-0.05, 0) is 81.9 Å². The molecule has 1 aliphatic carbocycles. The number of hydrogen-bond acceptors (Lipinski definition) is 3. The van der Waals surface area contributed by atoms with Gasteiger partial charge in [0.15, 0.2) is 0 Å². The van der Waals surface area contributed by atoms with E-state index >= 15 is 26.3 Å². The maximum absolute atomic E-state index is 16.1. The Kier molecular flexibility index (Phi) is 10.4. The van der Waals surface area contributed by atoms with Crippen LogP contribution in [0.1, 0.15) is 103 Å². The summed E-state index contributed by atoms with van der Waals surface area (Å²) >= 11 is 2.17. The van der Waals surface area contributed by atoms with Gasteiger partial charge in [0.2, 0.25) is 0 Å². The lowest BCUT2D eigenvalue weighted by Gasteiger charge is -2.26. The molecule has 0 saturated heterocycles. The lowest BCUT2D eigenvalue weighted by Crippen LogP contribution is -2.49. The summed E-state index contributed by atoms with van der Waals surface area (Å²) in [5.74, 6) is -15.9. The number of rotatable bonds is 14. The zero-order valence-corrected chi connectivity index (χ0v) is 29.2. The van der Waals surface area contributed by atoms with E-state index in [0.717, 1.165) is 82.7 Å². The molecule has 6 rings (SSSR count). The van der Waals surface area contributed by atoms with Gasteiger partial charge in [-0.15, -0.1) is 22.7 Å². The largest absolute Gasteiger partial charge is 0.383 e. The number of halogens is 6. The van der Waals surface area contributed by atoms with Crippen LogP contribution in [0.2, 0.25) is 0 Å².